The summed E-state index contributed by atoms with van der Waals surface area (Å²) in [5.41, 5.74) is 9.15. The normalized spacial score (nSPS) is 11.0. The van der Waals surface area contributed by atoms with Gasteiger partial charge >= 0.3 is 0 Å². The summed E-state index contributed by atoms with van der Waals surface area (Å²) in [7, 11) is 1.60. The van der Waals surface area contributed by atoms with Crippen LogP contribution in [0.1, 0.15) is 13.8 Å². The third kappa shape index (κ3) is 2.76. The molecule has 3 aromatic rings. The number of nitroso groups, excluding NO2 is 1. The highest BCUT2D eigenvalue weighted by Crippen LogP contribution is 2.32. The number of nitrogen functional groups attached to an aromatic ring is 1. The summed E-state index contributed by atoms with van der Waals surface area (Å²) < 4.78 is 10.9. The van der Waals surface area contributed by atoms with Crippen LogP contribution in [-0.4, -0.2) is 18.1 Å². The second-order valence-electron chi connectivity index (χ2n) is 5.65. The molecule has 0 amide bonds. The molecule has 7 heteroatoms. The Labute approximate surface area is 139 Å². The molecule has 7 nitrogen and oxygen atoms in total. The highest BCUT2D eigenvalue weighted by Gasteiger charge is 2.16. The van der Waals surface area contributed by atoms with E-state index in [9.17, 15) is 4.91 Å². The minimum Gasteiger partial charge on any atom is -0.497 e. The molecule has 2 N–H and O–H groups in total. The molecule has 0 bridgehead atoms. The number of oxazole rings is 1. The Balaban J connectivity index is 2.01. The van der Waals surface area contributed by atoms with Gasteiger partial charge in [0.25, 0.3) is 0 Å². The van der Waals surface area contributed by atoms with Crippen molar-refractivity contribution in [1.29, 1.82) is 0 Å². The third-order valence-corrected chi connectivity index (χ3v) is 3.69. The number of anilines is 2. The van der Waals surface area contributed by atoms with Crippen LogP contribution >= 0.6 is 0 Å². The number of hydrogen-bond acceptors (Lipinski definition) is 6. The van der Waals surface area contributed by atoms with Gasteiger partial charge in [0, 0.05) is 11.6 Å². The lowest BCUT2D eigenvalue weighted by Gasteiger charge is -2.21. The van der Waals surface area contributed by atoms with E-state index < -0.39 is 0 Å². The molecule has 0 radical (unpaired) electrons. The Morgan fingerprint density at radius 3 is 2.67 bits per heavy atom. The maximum atomic E-state index is 11.0. The van der Waals surface area contributed by atoms with E-state index in [1.807, 2.05) is 19.9 Å². The van der Waals surface area contributed by atoms with Crippen LogP contribution in [-0.2, 0) is 0 Å². The zero-order valence-corrected chi connectivity index (χ0v) is 13.7. The maximum absolute atomic E-state index is 11.0. The van der Waals surface area contributed by atoms with Crippen LogP contribution in [0.25, 0.3) is 22.6 Å². The first-order valence-corrected chi connectivity index (χ1v) is 7.50. The van der Waals surface area contributed by atoms with E-state index >= 15 is 0 Å². The SMILES string of the molecule is COc1ccc2oc(-c3ccc(N(N=O)C(C)C)c(N)c3)nc2c1. The Morgan fingerprint density at radius 2 is 2.04 bits per heavy atom. The van der Waals surface area contributed by atoms with Crippen molar-refractivity contribution in [3.8, 4) is 17.2 Å². The summed E-state index contributed by atoms with van der Waals surface area (Å²) in [6.45, 7) is 3.73. The molecule has 0 spiro atoms. The van der Waals surface area contributed by atoms with E-state index in [1.54, 1.807) is 37.4 Å². The lowest BCUT2D eigenvalue weighted by molar-refractivity contribution is 0.415. The van der Waals surface area contributed by atoms with Crippen molar-refractivity contribution in [3.05, 3.63) is 41.3 Å². The molecule has 0 atom stereocenters. The van der Waals surface area contributed by atoms with Gasteiger partial charge < -0.3 is 14.9 Å². The van der Waals surface area contributed by atoms with E-state index in [0.29, 0.717) is 34.1 Å². The van der Waals surface area contributed by atoms with Crippen molar-refractivity contribution < 1.29 is 9.15 Å². The van der Waals surface area contributed by atoms with Gasteiger partial charge in [-0.1, -0.05) is 0 Å². The fraction of sp³-hybridized carbons (Fsp3) is 0.235. The van der Waals surface area contributed by atoms with Crippen LogP contribution in [0.5, 0.6) is 5.75 Å². The van der Waals surface area contributed by atoms with Crippen molar-refractivity contribution in [1.82, 2.24) is 4.98 Å². The molecule has 0 saturated heterocycles. The van der Waals surface area contributed by atoms with Gasteiger partial charge in [0.15, 0.2) is 5.58 Å². The first-order chi connectivity index (χ1) is 11.5. The predicted octanol–water partition coefficient (Wildman–Crippen LogP) is 3.98. The molecule has 0 aliphatic heterocycles. The Bertz CT molecular complexity index is 889. The van der Waals surface area contributed by atoms with Crippen molar-refractivity contribution in [2.45, 2.75) is 19.9 Å². The quantitative estimate of drug-likeness (QED) is 0.433. The van der Waals surface area contributed by atoms with E-state index in [0.717, 1.165) is 5.56 Å². The van der Waals surface area contributed by atoms with Crippen LogP contribution < -0.4 is 15.5 Å². The molecule has 2 aromatic carbocycles. The smallest absolute Gasteiger partial charge is 0.227 e. The molecule has 0 fully saturated rings. The van der Waals surface area contributed by atoms with Crippen molar-refractivity contribution in [2.24, 2.45) is 5.29 Å². The molecule has 0 unspecified atom stereocenters. The molecule has 0 aliphatic carbocycles. The van der Waals surface area contributed by atoms with E-state index in [1.165, 1.54) is 5.01 Å². The summed E-state index contributed by atoms with van der Waals surface area (Å²) in [5, 5.41) is 4.35. The van der Waals surface area contributed by atoms with Gasteiger partial charge in [0.2, 0.25) is 5.89 Å². The summed E-state index contributed by atoms with van der Waals surface area (Å²) in [4.78, 5) is 15.5. The number of methoxy groups -OCH3 is 1. The standard InChI is InChI=1S/C17H18N4O3/c1-10(2)21(20-22)15-6-4-11(8-13(15)18)17-19-14-9-12(23-3)5-7-16(14)24-17/h4-10H,18H2,1-3H3. The Hall–Kier alpha value is -3.09. The maximum Gasteiger partial charge on any atom is 0.227 e. The average Bonchev–Trinajstić information content (AvgIpc) is 2.99. The molecule has 124 valence electrons. The van der Waals surface area contributed by atoms with Crippen LogP contribution in [0.4, 0.5) is 11.4 Å². The van der Waals surface area contributed by atoms with Crippen LogP contribution in [0.15, 0.2) is 46.1 Å². The van der Waals surface area contributed by atoms with Gasteiger partial charge in [-0.25, -0.2) is 9.99 Å². The van der Waals surface area contributed by atoms with Crippen LogP contribution in [0.3, 0.4) is 0 Å². The zero-order chi connectivity index (χ0) is 17.3. The zero-order valence-electron chi connectivity index (χ0n) is 13.7. The number of rotatable bonds is 5. The average molecular weight is 326 g/mol. The van der Waals surface area contributed by atoms with Crippen LogP contribution in [0, 0.1) is 4.91 Å². The first-order valence-electron chi connectivity index (χ1n) is 7.50. The molecule has 1 aromatic heterocycles. The fourth-order valence-corrected chi connectivity index (χ4v) is 2.47. The second kappa shape index (κ2) is 6.19. The summed E-state index contributed by atoms with van der Waals surface area (Å²) >= 11 is 0. The number of ether oxygens (including phenoxy) is 1. The van der Waals surface area contributed by atoms with Crippen LogP contribution in [0.2, 0.25) is 0 Å². The number of fused-ring (bicyclic) bond motifs is 1. The lowest BCUT2D eigenvalue weighted by atomic mass is 10.1. The van der Waals surface area contributed by atoms with E-state index in [4.69, 9.17) is 14.9 Å². The lowest BCUT2D eigenvalue weighted by Crippen LogP contribution is -2.24. The molecule has 24 heavy (non-hydrogen) atoms. The minimum absolute atomic E-state index is 0.0903. The van der Waals surface area contributed by atoms with Gasteiger partial charge in [0.05, 0.1) is 29.8 Å². The number of aromatic nitrogens is 1. The predicted molar refractivity (Wildman–Crippen MR) is 93.8 cm³/mol. The fourth-order valence-electron chi connectivity index (χ4n) is 2.47. The highest BCUT2D eigenvalue weighted by molar-refractivity contribution is 5.80. The van der Waals surface area contributed by atoms with Gasteiger partial charge in [-0.15, -0.1) is 4.91 Å². The monoisotopic (exact) mass is 326 g/mol. The molecule has 0 aliphatic rings. The molecule has 1 heterocycles. The number of hydrogen-bond donors (Lipinski definition) is 1. The molecule has 0 saturated carbocycles. The third-order valence-electron chi connectivity index (χ3n) is 3.69. The molecular weight excluding hydrogens is 308 g/mol. The van der Waals surface area contributed by atoms with Crippen molar-refractivity contribution in [2.75, 3.05) is 17.9 Å². The van der Waals surface area contributed by atoms with Gasteiger partial charge in [-0.3, -0.25) is 0 Å². The molecule has 3 rings (SSSR count). The summed E-state index contributed by atoms with van der Waals surface area (Å²) in [6, 6.07) is 10.6. The van der Waals surface area contributed by atoms with Crippen molar-refractivity contribution in [3.63, 3.8) is 0 Å². The van der Waals surface area contributed by atoms with Crippen molar-refractivity contribution >= 4 is 22.5 Å². The topological polar surface area (TPSA) is 94.0 Å². The largest absolute Gasteiger partial charge is 0.497 e. The van der Waals surface area contributed by atoms with Gasteiger partial charge in [-0.2, -0.15) is 0 Å². The Kier molecular flexibility index (Phi) is 4.07. The second-order valence-corrected chi connectivity index (χ2v) is 5.65. The summed E-state index contributed by atoms with van der Waals surface area (Å²) in [6.07, 6.45) is 0. The number of nitrogens with two attached hydrogens (primary N) is 1. The van der Waals surface area contributed by atoms with E-state index in [-0.39, 0.29) is 6.04 Å². The van der Waals surface area contributed by atoms with Gasteiger partial charge in [0.1, 0.15) is 11.3 Å². The Morgan fingerprint density at radius 1 is 1.25 bits per heavy atom. The van der Waals surface area contributed by atoms with Gasteiger partial charge in [-0.05, 0) is 44.2 Å². The first kappa shape index (κ1) is 15.8. The number of benzene rings is 2. The summed E-state index contributed by atoms with van der Waals surface area (Å²) in [5.74, 6) is 1.16. The molecular formula is C17H18N4O3. The highest BCUT2D eigenvalue weighted by atomic mass is 16.5. The number of nitrogens with zero attached hydrogens (tertiary/aromatic N) is 3. The minimum atomic E-state index is -0.0903. The van der Waals surface area contributed by atoms with E-state index in [2.05, 4.69) is 10.3 Å².